The normalized spacial score (nSPS) is 14.6. The molecule has 0 bridgehead atoms. The molecule has 178 valence electrons. The Labute approximate surface area is 207 Å². The number of hydrogen-bond acceptors (Lipinski definition) is 5. The van der Waals surface area contributed by atoms with Gasteiger partial charge in [-0.05, 0) is 59.0 Å². The van der Waals surface area contributed by atoms with Crippen LogP contribution in [0.25, 0.3) is 0 Å². The smallest absolute Gasteiger partial charge is 0.256 e. The fourth-order valence-corrected chi connectivity index (χ4v) is 4.21. The van der Waals surface area contributed by atoms with E-state index in [-0.39, 0.29) is 36.6 Å². The Morgan fingerprint density at radius 1 is 1.06 bits per heavy atom. The average molecular weight is 583 g/mol. The van der Waals surface area contributed by atoms with Crippen LogP contribution in [0.4, 0.5) is 24.5 Å². The molecule has 0 saturated carbocycles. The van der Waals surface area contributed by atoms with E-state index < -0.39 is 34.6 Å². The van der Waals surface area contributed by atoms with Crippen LogP contribution in [0.2, 0.25) is 0 Å². The van der Waals surface area contributed by atoms with Crippen LogP contribution in [-0.4, -0.2) is 46.3 Å². The minimum atomic E-state index is -1.30. The van der Waals surface area contributed by atoms with Crippen LogP contribution in [0.3, 0.4) is 0 Å². The Balaban J connectivity index is 1.44. The largest absolute Gasteiger partial charge is 0.508 e. The van der Waals surface area contributed by atoms with E-state index in [4.69, 9.17) is 0 Å². The lowest BCUT2D eigenvalue weighted by Crippen LogP contribution is -2.67. The maximum absolute atomic E-state index is 14.6. The lowest BCUT2D eigenvalue weighted by atomic mass is 9.92. The van der Waals surface area contributed by atoms with Gasteiger partial charge in [-0.15, -0.1) is 0 Å². The molecule has 0 radical (unpaired) electrons. The number of para-hydroxylation sites is 1. The van der Waals surface area contributed by atoms with Crippen LogP contribution in [0.1, 0.15) is 15.9 Å². The first-order chi connectivity index (χ1) is 16.2. The van der Waals surface area contributed by atoms with Crippen molar-refractivity contribution in [3.63, 3.8) is 0 Å². The Morgan fingerprint density at radius 2 is 1.79 bits per heavy atom. The molecule has 0 spiro atoms. The standard InChI is InChI=1S/C24H21F3IN3O3/c25-17-7-6-16(22(21(17)27)30-19-8-5-15(28)9-18(19)26)23(33)31-12-24(34,13-31)11-29-10-14-3-1-2-4-20(14)32/h1-9,29-30,32,34H,10-13H2. The third-order valence-corrected chi connectivity index (χ3v) is 6.21. The molecule has 1 amide bonds. The van der Waals surface area contributed by atoms with Gasteiger partial charge in [-0.25, -0.2) is 13.2 Å². The number of phenols is 1. The predicted octanol–water partition coefficient (Wildman–Crippen LogP) is 4.13. The monoisotopic (exact) mass is 583 g/mol. The molecule has 1 aliphatic rings. The van der Waals surface area contributed by atoms with Crippen molar-refractivity contribution in [1.29, 1.82) is 0 Å². The molecule has 6 nitrogen and oxygen atoms in total. The number of β-amino-alcohol motifs (C(OH)–C–C–N with tert-alkyl or cyclic N) is 1. The summed E-state index contributed by atoms with van der Waals surface area (Å²) in [4.78, 5) is 14.3. The van der Waals surface area contributed by atoms with E-state index in [2.05, 4.69) is 10.6 Å². The number of amides is 1. The molecule has 4 rings (SSSR count). The summed E-state index contributed by atoms with van der Waals surface area (Å²) in [7, 11) is 0. The van der Waals surface area contributed by atoms with Crippen molar-refractivity contribution in [3.8, 4) is 5.75 Å². The van der Waals surface area contributed by atoms with E-state index in [0.717, 1.165) is 12.1 Å². The molecule has 1 aliphatic heterocycles. The lowest BCUT2D eigenvalue weighted by Gasteiger charge is -2.46. The molecule has 10 heteroatoms. The Kier molecular flexibility index (Phi) is 7.01. The molecule has 1 heterocycles. The van der Waals surface area contributed by atoms with Gasteiger partial charge in [0.15, 0.2) is 11.6 Å². The number of carbonyl (C=O) groups is 1. The van der Waals surface area contributed by atoms with Crippen molar-refractivity contribution < 1.29 is 28.2 Å². The molecular formula is C24H21F3IN3O3. The van der Waals surface area contributed by atoms with Gasteiger partial charge in [0, 0.05) is 22.2 Å². The van der Waals surface area contributed by atoms with E-state index in [9.17, 15) is 28.2 Å². The number of nitrogens with zero attached hydrogens (tertiary/aromatic N) is 1. The number of anilines is 2. The van der Waals surface area contributed by atoms with Gasteiger partial charge in [0.05, 0.1) is 30.0 Å². The summed E-state index contributed by atoms with van der Waals surface area (Å²) in [6.07, 6.45) is 0. The van der Waals surface area contributed by atoms with Crippen LogP contribution in [0.5, 0.6) is 5.75 Å². The second kappa shape index (κ2) is 9.80. The van der Waals surface area contributed by atoms with Crippen LogP contribution < -0.4 is 10.6 Å². The third-order valence-electron chi connectivity index (χ3n) is 5.53. The minimum Gasteiger partial charge on any atom is -0.508 e. The van der Waals surface area contributed by atoms with Gasteiger partial charge < -0.3 is 25.7 Å². The molecule has 0 aromatic heterocycles. The fraction of sp³-hybridized carbons (Fsp3) is 0.208. The summed E-state index contributed by atoms with van der Waals surface area (Å²) in [6, 6.07) is 12.9. The number of phenolic OH excluding ortho intramolecular Hbond substituents is 1. The second-order valence-corrected chi connectivity index (χ2v) is 9.40. The first-order valence-corrected chi connectivity index (χ1v) is 11.4. The maximum atomic E-state index is 14.6. The second-order valence-electron chi connectivity index (χ2n) is 8.15. The molecule has 34 heavy (non-hydrogen) atoms. The van der Waals surface area contributed by atoms with Gasteiger partial charge in [0.25, 0.3) is 5.91 Å². The first-order valence-electron chi connectivity index (χ1n) is 10.4. The minimum absolute atomic E-state index is 0.0318. The number of aliphatic hydroxyl groups is 1. The van der Waals surface area contributed by atoms with Gasteiger partial charge >= 0.3 is 0 Å². The van der Waals surface area contributed by atoms with E-state index in [1.54, 1.807) is 30.3 Å². The van der Waals surface area contributed by atoms with Gasteiger partial charge in [0.1, 0.15) is 17.2 Å². The quantitative estimate of drug-likeness (QED) is 0.315. The number of aromatic hydroxyl groups is 1. The molecular weight excluding hydrogens is 562 g/mol. The summed E-state index contributed by atoms with van der Waals surface area (Å²) >= 11 is 1.92. The summed E-state index contributed by atoms with van der Waals surface area (Å²) in [6.45, 7) is 0.412. The zero-order chi connectivity index (χ0) is 24.5. The Hall–Kier alpha value is -2.83. The van der Waals surface area contributed by atoms with Gasteiger partial charge in [-0.1, -0.05) is 18.2 Å². The third kappa shape index (κ3) is 5.13. The Morgan fingerprint density at radius 3 is 2.50 bits per heavy atom. The van der Waals surface area contributed by atoms with Crippen molar-refractivity contribution >= 4 is 39.9 Å². The molecule has 1 fully saturated rings. The maximum Gasteiger partial charge on any atom is 0.256 e. The molecule has 0 unspecified atom stereocenters. The summed E-state index contributed by atoms with van der Waals surface area (Å²) in [5.74, 6) is -3.65. The highest BCUT2D eigenvalue weighted by Gasteiger charge is 2.44. The van der Waals surface area contributed by atoms with Crippen LogP contribution in [0.15, 0.2) is 54.6 Å². The van der Waals surface area contributed by atoms with Crippen molar-refractivity contribution in [2.24, 2.45) is 0 Å². The lowest BCUT2D eigenvalue weighted by molar-refractivity contribution is -0.0787. The molecule has 0 aliphatic carbocycles. The van der Waals surface area contributed by atoms with Crippen molar-refractivity contribution in [3.05, 3.63) is 86.7 Å². The molecule has 3 aromatic rings. The molecule has 1 saturated heterocycles. The topological polar surface area (TPSA) is 84.8 Å². The van der Waals surface area contributed by atoms with E-state index in [1.807, 2.05) is 22.6 Å². The highest BCUT2D eigenvalue weighted by atomic mass is 127. The zero-order valence-electron chi connectivity index (χ0n) is 17.8. The van der Waals surface area contributed by atoms with E-state index >= 15 is 0 Å². The van der Waals surface area contributed by atoms with Crippen LogP contribution in [0, 0.1) is 21.0 Å². The number of nitrogens with one attached hydrogen (secondary N) is 2. The van der Waals surface area contributed by atoms with Gasteiger partial charge in [-0.3, -0.25) is 4.79 Å². The fourth-order valence-electron chi connectivity index (χ4n) is 3.76. The number of benzene rings is 3. The average Bonchev–Trinajstić information content (AvgIpc) is 2.77. The summed E-state index contributed by atoms with van der Waals surface area (Å²) in [5.41, 5.74) is -1.31. The predicted molar refractivity (Wildman–Crippen MR) is 129 cm³/mol. The molecule has 0 atom stereocenters. The first kappa shape index (κ1) is 24.3. The highest BCUT2D eigenvalue weighted by molar-refractivity contribution is 14.1. The molecule has 3 aromatic carbocycles. The highest BCUT2D eigenvalue weighted by Crippen LogP contribution is 2.31. The summed E-state index contributed by atoms with van der Waals surface area (Å²) < 4.78 is 43.4. The number of hydrogen-bond donors (Lipinski definition) is 4. The summed E-state index contributed by atoms with van der Waals surface area (Å²) in [5, 5.41) is 26.0. The van der Waals surface area contributed by atoms with E-state index in [0.29, 0.717) is 15.7 Å². The van der Waals surface area contributed by atoms with Gasteiger partial charge in [0.2, 0.25) is 0 Å². The number of rotatable bonds is 7. The number of carbonyl (C=O) groups excluding carboxylic acids is 1. The van der Waals surface area contributed by atoms with Crippen molar-refractivity contribution in [1.82, 2.24) is 10.2 Å². The zero-order valence-corrected chi connectivity index (χ0v) is 19.9. The van der Waals surface area contributed by atoms with Crippen LogP contribution in [-0.2, 0) is 6.54 Å². The van der Waals surface area contributed by atoms with Crippen molar-refractivity contribution in [2.45, 2.75) is 12.1 Å². The van der Waals surface area contributed by atoms with E-state index in [1.165, 1.54) is 17.0 Å². The SMILES string of the molecule is O=C(c1ccc(F)c(F)c1Nc1ccc(I)cc1F)N1CC(O)(CNCc2ccccc2O)C1. The molecule has 4 N–H and O–H groups in total. The number of halogens is 4. The number of likely N-dealkylation sites (tertiary alicyclic amines) is 1. The van der Waals surface area contributed by atoms with Gasteiger partial charge in [-0.2, -0.15) is 0 Å². The van der Waals surface area contributed by atoms with Crippen LogP contribution >= 0.6 is 22.6 Å². The van der Waals surface area contributed by atoms with Crippen molar-refractivity contribution in [2.75, 3.05) is 25.0 Å². The Bertz CT molecular complexity index is 1240.